The van der Waals surface area contributed by atoms with Gasteiger partial charge in [-0.25, -0.2) is 9.67 Å². The number of hydrogen-bond acceptors (Lipinski definition) is 4. The second kappa shape index (κ2) is 5.57. The Morgan fingerprint density at radius 2 is 2.00 bits per heavy atom. The molecule has 0 aliphatic carbocycles. The molecule has 2 rings (SSSR count). The van der Waals surface area contributed by atoms with Crippen LogP contribution in [-0.2, 0) is 5.66 Å². The standard InChI is InChI=1S/C10H16N6.C2H6/c1-8-6-9(11)16(13-8)10(2,3)14-15-5-4-12-7-15;1-2/h4-7,14H,11H2,1-3H3;1-2H3. The second-order valence-corrected chi connectivity index (χ2v) is 4.26. The zero-order valence-electron chi connectivity index (χ0n) is 11.7. The lowest BCUT2D eigenvalue weighted by atomic mass is 10.2. The van der Waals surface area contributed by atoms with E-state index in [1.165, 1.54) is 0 Å². The lowest BCUT2D eigenvalue weighted by Crippen LogP contribution is -2.41. The van der Waals surface area contributed by atoms with Gasteiger partial charge in [-0.1, -0.05) is 13.8 Å². The first kappa shape index (κ1) is 14.1. The molecule has 0 amide bonds. The summed E-state index contributed by atoms with van der Waals surface area (Å²) in [6, 6.07) is 1.84. The molecule has 2 aromatic heterocycles. The zero-order chi connectivity index (χ0) is 13.8. The lowest BCUT2D eigenvalue weighted by molar-refractivity contribution is 0.339. The average Bonchev–Trinajstić information content (AvgIpc) is 2.91. The Bertz CT molecular complexity index is 469. The summed E-state index contributed by atoms with van der Waals surface area (Å²) >= 11 is 0. The Hall–Kier alpha value is -1.98. The van der Waals surface area contributed by atoms with Gasteiger partial charge in [0.25, 0.3) is 0 Å². The van der Waals surface area contributed by atoms with Gasteiger partial charge in [0.1, 0.15) is 17.8 Å². The van der Waals surface area contributed by atoms with E-state index in [1.54, 1.807) is 21.9 Å². The van der Waals surface area contributed by atoms with Crippen LogP contribution in [0.25, 0.3) is 0 Å². The molecule has 3 N–H and O–H groups in total. The Balaban J connectivity index is 0.000000771. The molecule has 0 aromatic carbocycles. The predicted molar refractivity (Wildman–Crippen MR) is 73.6 cm³/mol. The molecule has 6 nitrogen and oxygen atoms in total. The van der Waals surface area contributed by atoms with E-state index >= 15 is 0 Å². The van der Waals surface area contributed by atoms with Crippen LogP contribution in [0.5, 0.6) is 0 Å². The number of anilines is 1. The Morgan fingerprint density at radius 1 is 1.33 bits per heavy atom. The van der Waals surface area contributed by atoms with E-state index in [1.807, 2.05) is 46.9 Å². The van der Waals surface area contributed by atoms with Crippen LogP contribution in [0, 0.1) is 6.92 Å². The third-order valence-electron chi connectivity index (χ3n) is 2.30. The molecule has 0 radical (unpaired) electrons. The summed E-state index contributed by atoms with van der Waals surface area (Å²) in [4.78, 5) is 3.97. The normalized spacial score (nSPS) is 10.7. The smallest absolute Gasteiger partial charge is 0.141 e. The summed E-state index contributed by atoms with van der Waals surface area (Å²) in [5, 5.41) is 4.36. The van der Waals surface area contributed by atoms with Gasteiger partial charge in [0.2, 0.25) is 0 Å². The lowest BCUT2D eigenvalue weighted by Gasteiger charge is -2.29. The molecule has 0 bridgehead atoms. The van der Waals surface area contributed by atoms with Crippen LogP contribution in [0.2, 0.25) is 0 Å². The summed E-state index contributed by atoms with van der Waals surface area (Å²) in [5.74, 6) is 0.634. The molecule has 18 heavy (non-hydrogen) atoms. The van der Waals surface area contributed by atoms with Crippen molar-refractivity contribution in [1.82, 2.24) is 19.4 Å². The predicted octanol–water partition coefficient (Wildman–Crippen LogP) is 1.93. The minimum Gasteiger partial charge on any atom is -0.384 e. The van der Waals surface area contributed by atoms with Crippen molar-refractivity contribution in [1.29, 1.82) is 0 Å². The Labute approximate surface area is 108 Å². The summed E-state index contributed by atoms with van der Waals surface area (Å²) in [6.07, 6.45) is 5.23. The number of aromatic nitrogens is 4. The third-order valence-corrected chi connectivity index (χ3v) is 2.30. The highest BCUT2D eigenvalue weighted by atomic mass is 15.5. The van der Waals surface area contributed by atoms with Crippen molar-refractivity contribution in [3.8, 4) is 0 Å². The van der Waals surface area contributed by atoms with Crippen LogP contribution in [-0.4, -0.2) is 19.4 Å². The van der Waals surface area contributed by atoms with Crippen molar-refractivity contribution in [2.45, 2.75) is 40.3 Å². The second-order valence-electron chi connectivity index (χ2n) is 4.26. The average molecular weight is 250 g/mol. The van der Waals surface area contributed by atoms with Gasteiger partial charge in [0.15, 0.2) is 0 Å². The van der Waals surface area contributed by atoms with Gasteiger partial charge < -0.3 is 5.73 Å². The highest BCUT2D eigenvalue weighted by molar-refractivity contribution is 5.32. The SMILES string of the molecule is CC.Cc1cc(N)n(C(C)(C)Nn2ccnc2)n1. The molecule has 0 unspecified atom stereocenters. The van der Waals surface area contributed by atoms with Crippen LogP contribution in [0.15, 0.2) is 24.8 Å². The number of nitrogen functional groups attached to an aromatic ring is 1. The largest absolute Gasteiger partial charge is 0.384 e. The molecule has 0 atom stereocenters. The van der Waals surface area contributed by atoms with E-state index in [0.717, 1.165) is 5.69 Å². The van der Waals surface area contributed by atoms with E-state index < -0.39 is 5.66 Å². The fraction of sp³-hybridized carbons (Fsp3) is 0.500. The molecule has 0 saturated carbocycles. The van der Waals surface area contributed by atoms with Gasteiger partial charge in [-0.3, -0.25) is 10.1 Å². The number of imidazole rings is 1. The first-order chi connectivity index (χ1) is 8.49. The van der Waals surface area contributed by atoms with Crippen molar-refractivity contribution < 1.29 is 0 Å². The monoisotopic (exact) mass is 250 g/mol. The molecule has 0 aliphatic rings. The molecule has 2 heterocycles. The molecule has 0 saturated heterocycles. The van der Waals surface area contributed by atoms with Gasteiger partial charge in [-0.2, -0.15) is 5.10 Å². The van der Waals surface area contributed by atoms with Crippen molar-refractivity contribution in [2.75, 3.05) is 11.2 Å². The number of nitrogens with two attached hydrogens (primary N) is 1. The molecule has 0 aliphatic heterocycles. The van der Waals surface area contributed by atoms with Crippen LogP contribution in [0.4, 0.5) is 5.82 Å². The number of rotatable bonds is 3. The van der Waals surface area contributed by atoms with Crippen molar-refractivity contribution in [3.05, 3.63) is 30.5 Å². The number of aryl methyl sites for hydroxylation is 1. The fourth-order valence-corrected chi connectivity index (χ4v) is 1.66. The van der Waals surface area contributed by atoms with Crippen LogP contribution in [0.3, 0.4) is 0 Å². The molecule has 100 valence electrons. The van der Waals surface area contributed by atoms with E-state index in [2.05, 4.69) is 15.5 Å². The van der Waals surface area contributed by atoms with Crippen molar-refractivity contribution in [3.63, 3.8) is 0 Å². The molecule has 0 spiro atoms. The van der Waals surface area contributed by atoms with Crippen LogP contribution in [0.1, 0.15) is 33.4 Å². The van der Waals surface area contributed by atoms with Crippen molar-refractivity contribution in [2.24, 2.45) is 0 Å². The Morgan fingerprint density at radius 3 is 2.44 bits per heavy atom. The molecular formula is C12H22N6. The summed E-state index contributed by atoms with van der Waals surface area (Å²) in [5.41, 5.74) is 9.62. The maximum Gasteiger partial charge on any atom is 0.141 e. The maximum absolute atomic E-state index is 5.89. The Kier molecular flexibility index (Phi) is 4.36. The first-order valence-electron chi connectivity index (χ1n) is 6.08. The van der Waals surface area contributed by atoms with Gasteiger partial charge in [0.05, 0.1) is 5.69 Å². The summed E-state index contributed by atoms with van der Waals surface area (Å²) in [7, 11) is 0. The summed E-state index contributed by atoms with van der Waals surface area (Å²) < 4.78 is 3.53. The number of hydrogen-bond donors (Lipinski definition) is 2. The van der Waals surface area contributed by atoms with Crippen LogP contribution < -0.4 is 11.2 Å². The zero-order valence-corrected chi connectivity index (χ0v) is 11.7. The van der Waals surface area contributed by atoms with Crippen LogP contribution >= 0.6 is 0 Å². The maximum atomic E-state index is 5.89. The van der Waals surface area contributed by atoms with Crippen molar-refractivity contribution >= 4 is 5.82 Å². The van der Waals surface area contributed by atoms with E-state index in [-0.39, 0.29) is 0 Å². The topological polar surface area (TPSA) is 73.7 Å². The van der Waals surface area contributed by atoms with Gasteiger partial charge >= 0.3 is 0 Å². The van der Waals surface area contributed by atoms with E-state index in [0.29, 0.717) is 5.82 Å². The molecule has 2 aromatic rings. The quantitative estimate of drug-likeness (QED) is 0.873. The molecule has 6 heteroatoms. The van der Waals surface area contributed by atoms with E-state index in [4.69, 9.17) is 5.73 Å². The highest BCUT2D eigenvalue weighted by Crippen LogP contribution is 2.17. The minimum atomic E-state index is -0.418. The highest BCUT2D eigenvalue weighted by Gasteiger charge is 2.23. The number of nitrogens with zero attached hydrogens (tertiary/aromatic N) is 4. The fourth-order valence-electron chi connectivity index (χ4n) is 1.66. The van der Waals surface area contributed by atoms with Gasteiger partial charge in [0, 0.05) is 18.5 Å². The molecule has 0 fully saturated rings. The van der Waals surface area contributed by atoms with Gasteiger partial charge in [-0.05, 0) is 20.8 Å². The third kappa shape index (κ3) is 3.03. The molecular weight excluding hydrogens is 228 g/mol. The van der Waals surface area contributed by atoms with E-state index in [9.17, 15) is 0 Å². The first-order valence-corrected chi connectivity index (χ1v) is 6.08. The summed E-state index contributed by atoms with van der Waals surface area (Å²) in [6.45, 7) is 9.91. The minimum absolute atomic E-state index is 0.418. The van der Waals surface area contributed by atoms with Gasteiger partial charge in [-0.15, -0.1) is 0 Å². The number of nitrogens with one attached hydrogen (secondary N) is 1.